The SMILES string of the molecule is Cc1ccc([C@@H]2CN(Cc3ccccc3)C[C@@]2(C)C(=O)N2C(=O)OC[C@H]2c2ccccc2)cc1OCc1ccccc1. The molecule has 0 spiro atoms. The number of benzene rings is 4. The molecule has 4 aromatic carbocycles. The Bertz CT molecular complexity index is 1540. The fourth-order valence-corrected chi connectivity index (χ4v) is 6.32. The van der Waals surface area contributed by atoms with Crippen LogP contribution >= 0.6 is 0 Å². The summed E-state index contributed by atoms with van der Waals surface area (Å²) in [6.07, 6.45) is -0.578. The Labute approximate surface area is 247 Å². The van der Waals surface area contributed by atoms with Crippen LogP contribution in [0, 0.1) is 12.3 Å². The van der Waals surface area contributed by atoms with E-state index in [2.05, 4.69) is 35.2 Å². The second kappa shape index (κ2) is 11.8. The molecule has 0 aliphatic carbocycles. The summed E-state index contributed by atoms with van der Waals surface area (Å²) in [5, 5.41) is 0. The number of aryl methyl sites for hydroxylation is 1. The van der Waals surface area contributed by atoms with Crippen molar-refractivity contribution >= 4 is 12.0 Å². The Morgan fingerprint density at radius 1 is 0.881 bits per heavy atom. The normalized spacial score (nSPS) is 22.2. The molecule has 4 aromatic rings. The summed E-state index contributed by atoms with van der Waals surface area (Å²) in [5.74, 6) is 0.445. The minimum atomic E-state index is -0.864. The van der Waals surface area contributed by atoms with Crippen LogP contribution in [-0.2, 0) is 22.7 Å². The average Bonchev–Trinajstić information content (AvgIpc) is 3.57. The number of carbonyl (C=O) groups is 2. The highest BCUT2D eigenvalue weighted by Crippen LogP contribution is 2.47. The molecule has 0 N–H and O–H groups in total. The molecule has 0 bridgehead atoms. The molecular weight excluding hydrogens is 524 g/mol. The monoisotopic (exact) mass is 560 g/mol. The standard InChI is InChI=1S/C36H36N2O4/c1-26-18-19-30(20-33(26)41-23-28-14-8-4-9-15-28)31-22-37(21-27-12-6-3-7-13-27)25-36(31,2)34(39)38-32(24-42-35(38)40)29-16-10-5-11-17-29/h3-20,31-32H,21-25H2,1-2H3/t31-,32-,36+/m0/s1. The van der Waals surface area contributed by atoms with Crippen molar-refractivity contribution in [2.24, 2.45) is 5.41 Å². The Balaban J connectivity index is 1.33. The molecule has 6 nitrogen and oxygen atoms in total. The second-order valence-electron chi connectivity index (χ2n) is 11.6. The molecule has 0 saturated carbocycles. The van der Waals surface area contributed by atoms with E-state index in [1.807, 2.05) is 92.7 Å². The zero-order valence-electron chi connectivity index (χ0n) is 24.1. The molecule has 6 rings (SSSR count). The van der Waals surface area contributed by atoms with Crippen molar-refractivity contribution in [2.45, 2.75) is 39.0 Å². The fourth-order valence-electron chi connectivity index (χ4n) is 6.32. The van der Waals surface area contributed by atoms with E-state index < -0.39 is 17.6 Å². The molecule has 0 radical (unpaired) electrons. The van der Waals surface area contributed by atoms with Gasteiger partial charge in [0, 0.05) is 25.6 Å². The number of cyclic esters (lactones) is 1. The molecule has 0 unspecified atom stereocenters. The molecule has 2 amide bonds. The van der Waals surface area contributed by atoms with Crippen LogP contribution < -0.4 is 4.74 Å². The van der Waals surface area contributed by atoms with E-state index >= 15 is 0 Å². The van der Waals surface area contributed by atoms with Crippen molar-refractivity contribution in [1.82, 2.24) is 9.80 Å². The second-order valence-corrected chi connectivity index (χ2v) is 11.6. The van der Waals surface area contributed by atoms with E-state index in [0.29, 0.717) is 19.7 Å². The van der Waals surface area contributed by atoms with E-state index in [0.717, 1.165) is 34.5 Å². The molecule has 3 atom stereocenters. The number of hydrogen-bond acceptors (Lipinski definition) is 5. The van der Waals surface area contributed by atoms with Crippen LogP contribution in [0.15, 0.2) is 109 Å². The number of likely N-dealkylation sites (tertiary alicyclic amines) is 1. The maximum absolute atomic E-state index is 14.6. The third-order valence-corrected chi connectivity index (χ3v) is 8.63. The summed E-state index contributed by atoms with van der Waals surface area (Å²) in [4.78, 5) is 31.3. The minimum Gasteiger partial charge on any atom is -0.489 e. The van der Waals surface area contributed by atoms with Gasteiger partial charge in [0.1, 0.15) is 25.0 Å². The molecular formula is C36H36N2O4. The molecule has 2 fully saturated rings. The van der Waals surface area contributed by atoms with Crippen molar-refractivity contribution < 1.29 is 19.1 Å². The van der Waals surface area contributed by atoms with Gasteiger partial charge in [-0.15, -0.1) is 0 Å². The predicted molar refractivity (Wildman–Crippen MR) is 162 cm³/mol. The highest BCUT2D eigenvalue weighted by atomic mass is 16.6. The highest BCUT2D eigenvalue weighted by molar-refractivity contribution is 5.97. The lowest BCUT2D eigenvalue weighted by atomic mass is 9.74. The van der Waals surface area contributed by atoms with E-state index in [9.17, 15) is 9.59 Å². The van der Waals surface area contributed by atoms with Crippen LogP contribution in [0.2, 0.25) is 0 Å². The van der Waals surface area contributed by atoms with Crippen molar-refractivity contribution in [2.75, 3.05) is 19.7 Å². The fraction of sp³-hybridized carbons (Fsp3) is 0.278. The number of rotatable bonds is 8. The van der Waals surface area contributed by atoms with Crippen LogP contribution in [0.4, 0.5) is 4.79 Å². The third-order valence-electron chi connectivity index (χ3n) is 8.63. The summed E-state index contributed by atoms with van der Waals surface area (Å²) in [7, 11) is 0. The summed E-state index contributed by atoms with van der Waals surface area (Å²) in [6.45, 7) is 6.58. The van der Waals surface area contributed by atoms with E-state index in [4.69, 9.17) is 9.47 Å². The molecule has 2 aliphatic rings. The van der Waals surface area contributed by atoms with Gasteiger partial charge in [-0.25, -0.2) is 9.69 Å². The van der Waals surface area contributed by atoms with Crippen LogP contribution in [0.5, 0.6) is 5.75 Å². The summed E-state index contributed by atoms with van der Waals surface area (Å²) < 4.78 is 11.7. The highest BCUT2D eigenvalue weighted by Gasteiger charge is 2.54. The van der Waals surface area contributed by atoms with Crippen molar-refractivity contribution in [3.8, 4) is 5.75 Å². The van der Waals surface area contributed by atoms with Gasteiger partial charge in [0.25, 0.3) is 0 Å². The van der Waals surface area contributed by atoms with Crippen LogP contribution in [0.1, 0.15) is 46.7 Å². The molecule has 2 aliphatic heterocycles. The first-order valence-corrected chi connectivity index (χ1v) is 14.5. The predicted octanol–water partition coefficient (Wildman–Crippen LogP) is 6.90. The molecule has 2 heterocycles. The molecule has 6 heteroatoms. The largest absolute Gasteiger partial charge is 0.489 e. The zero-order chi connectivity index (χ0) is 29.1. The number of carbonyl (C=O) groups excluding carboxylic acids is 2. The van der Waals surface area contributed by atoms with Gasteiger partial charge in [0.2, 0.25) is 5.91 Å². The quantitative estimate of drug-likeness (QED) is 0.235. The van der Waals surface area contributed by atoms with Crippen molar-refractivity contribution in [3.63, 3.8) is 0 Å². The Morgan fingerprint density at radius 2 is 1.52 bits per heavy atom. The minimum absolute atomic E-state index is 0.154. The smallest absolute Gasteiger partial charge is 0.417 e. The van der Waals surface area contributed by atoms with Gasteiger partial charge < -0.3 is 9.47 Å². The third kappa shape index (κ3) is 5.55. The molecule has 42 heavy (non-hydrogen) atoms. The van der Waals surface area contributed by atoms with Gasteiger partial charge in [-0.1, -0.05) is 103 Å². The molecule has 0 aromatic heterocycles. The summed E-state index contributed by atoms with van der Waals surface area (Å²) >= 11 is 0. The number of amides is 2. The van der Waals surface area contributed by atoms with Gasteiger partial charge in [0.15, 0.2) is 0 Å². The van der Waals surface area contributed by atoms with Gasteiger partial charge in [0.05, 0.1) is 5.41 Å². The molecule has 2 saturated heterocycles. The van der Waals surface area contributed by atoms with Crippen LogP contribution in [0.25, 0.3) is 0 Å². The maximum Gasteiger partial charge on any atom is 0.417 e. The number of hydrogen-bond donors (Lipinski definition) is 0. The zero-order valence-corrected chi connectivity index (χ0v) is 24.1. The van der Waals surface area contributed by atoms with Crippen LogP contribution in [-0.4, -0.2) is 41.5 Å². The van der Waals surface area contributed by atoms with E-state index in [1.165, 1.54) is 10.5 Å². The number of imide groups is 1. The lowest BCUT2D eigenvalue weighted by molar-refractivity contribution is -0.139. The number of ether oxygens (including phenoxy) is 2. The first kappa shape index (κ1) is 27.7. The first-order chi connectivity index (χ1) is 20.4. The van der Waals surface area contributed by atoms with Gasteiger partial charge in [-0.05, 0) is 47.7 Å². The van der Waals surface area contributed by atoms with E-state index in [1.54, 1.807) is 0 Å². The van der Waals surface area contributed by atoms with Gasteiger partial charge >= 0.3 is 6.09 Å². The van der Waals surface area contributed by atoms with Crippen LogP contribution in [0.3, 0.4) is 0 Å². The molecule has 214 valence electrons. The summed E-state index contributed by atoms with van der Waals surface area (Å²) in [6, 6.07) is 35.9. The van der Waals surface area contributed by atoms with Crippen molar-refractivity contribution in [1.29, 1.82) is 0 Å². The summed E-state index contributed by atoms with van der Waals surface area (Å²) in [5.41, 5.74) is 4.37. The Morgan fingerprint density at radius 3 is 2.21 bits per heavy atom. The van der Waals surface area contributed by atoms with Gasteiger partial charge in [-0.3, -0.25) is 9.69 Å². The van der Waals surface area contributed by atoms with Gasteiger partial charge in [-0.2, -0.15) is 0 Å². The average molecular weight is 561 g/mol. The lowest BCUT2D eigenvalue weighted by Gasteiger charge is -2.34. The number of nitrogens with zero attached hydrogens (tertiary/aromatic N) is 2. The van der Waals surface area contributed by atoms with Crippen molar-refractivity contribution in [3.05, 3.63) is 137 Å². The lowest BCUT2D eigenvalue weighted by Crippen LogP contribution is -2.47. The Hall–Kier alpha value is -4.42. The van der Waals surface area contributed by atoms with E-state index in [-0.39, 0.29) is 18.4 Å². The Kier molecular flexibility index (Phi) is 7.81. The topological polar surface area (TPSA) is 59.1 Å². The first-order valence-electron chi connectivity index (χ1n) is 14.5. The maximum atomic E-state index is 14.6.